The van der Waals surface area contributed by atoms with Gasteiger partial charge in [0.05, 0.1) is 29.1 Å². The first-order chi connectivity index (χ1) is 8.27. The Morgan fingerprint density at radius 1 is 1.18 bits per heavy atom. The Balaban J connectivity index is 2.19. The van der Waals surface area contributed by atoms with Crippen molar-refractivity contribution in [2.45, 2.75) is 26.9 Å². The van der Waals surface area contributed by atoms with Gasteiger partial charge in [-0.2, -0.15) is 0 Å². The van der Waals surface area contributed by atoms with Gasteiger partial charge in [-0.3, -0.25) is 0 Å². The zero-order chi connectivity index (χ0) is 11.8. The average Bonchev–Trinajstić information content (AvgIpc) is 2.73. The number of nitrogens with one attached hydrogen (secondary N) is 1. The Kier molecular flexibility index (Phi) is 2.40. The minimum atomic E-state index is 0.864. The monoisotopic (exact) mass is 229 g/mol. The molecule has 0 aromatic carbocycles. The van der Waals surface area contributed by atoms with Crippen LogP contribution in [-0.2, 0) is 13.1 Å². The van der Waals surface area contributed by atoms with Crippen molar-refractivity contribution in [2.75, 3.05) is 6.54 Å². The van der Waals surface area contributed by atoms with Crippen molar-refractivity contribution >= 4 is 0 Å². The van der Waals surface area contributed by atoms with E-state index in [2.05, 4.69) is 24.8 Å². The third kappa shape index (κ3) is 1.63. The molecule has 0 saturated heterocycles. The Bertz CT molecular complexity index is 538. The zero-order valence-corrected chi connectivity index (χ0v) is 10.1. The van der Waals surface area contributed by atoms with E-state index < -0.39 is 0 Å². The first-order valence-electron chi connectivity index (χ1n) is 5.80. The first kappa shape index (κ1) is 10.4. The largest absolute Gasteiger partial charge is 0.332 e. The molecule has 1 aliphatic heterocycles. The van der Waals surface area contributed by atoms with Crippen LogP contribution in [0.4, 0.5) is 0 Å². The molecule has 0 fully saturated rings. The SMILES string of the molecule is Cc1ncnc(C)c1-c1ncn2c1CNCC2. The molecule has 88 valence electrons. The summed E-state index contributed by atoms with van der Waals surface area (Å²) in [6, 6.07) is 0. The van der Waals surface area contributed by atoms with Crippen molar-refractivity contribution in [1.29, 1.82) is 0 Å². The van der Waals surface area contributed by atoms with Gasteiger partial charge in [-0.1, -0.05) is 0 Å². The molecule has 3 heterocycles. The van der Waals surface area contributed by atoms with Gasteiger partial charge in [0.15, 0.2) is 0 Å². The highest BCUT2D eigenvalue weighted by Crippen LogP contribution is 2.27. The van der Waals surface area contributed by atoms with Crippen LogP contribution in [0.1, 0.15) is 17.1 Å². The summed E-state index contributed by atoms with van der Waals surface area (Å²) >= 11 is 0. The lowest BCUT2D eigenvalue weighted by molar-refractivity contribution is 0.517. The third-order valence-electron chi connectivity index (χ3n) is 3.23. The van der Waals surface area contributed by atoms with Crippen molar-refractivity contribution in [3.8, 4) is 11.3 Å². The van der Waals surface area contributed by atoms with Crippen LogP contribution < -0.4 is 5.32 Å². The van der Waals surface area contributed by atoms with Crippen LogP contribution in [0.3, 0.4) is 0 Å². The molecule has 1 N–H and O–H groups in total. The van der Waals surface area contributed by atoms with Gasteiger partial charge in [-0.25, -0.2) is 15.0 Å². The predicted octanol–water partition coefficient (Wildman–Crippen LogP) is 1.06. The van der Waals surface area contributed by atoms with Crippen LogP contribution in [0.15, 0.2) is 12.7 Å². The van der Waals surface area contributed by atoms with Crippen molar-refractivity contribution in [3.63, 3.8) is 0 Å². The first-order valence-corrected chi connectivity index (χ1v) is 5.80. The van der Waals surface area contributed by atoms with E-state index in [-0.39, 0.29) is 0 Å². The summed E-state index contributed by atoms with van der Waals surface area (Å²) < 4.78 is 2.21. The Hall–Kier alpha value is -1.75. The summed E-state index contributed by atoms with van der Waals surface area (Å²) in [5, 5.41) is 3.37. The number of nitrogens with zero attached hydrogens (tertiary/aromatic N) is 4. The van der Waals surface area contributed by atoms with E-state index >= 15 is 0 Å². The summed E-state index contributed by atoms with van der Waals surface area (Å²) in [6.07, 6.45) is 3.52. The van der Waals surface area contributed by atoms with Gasteiger partial charge in [0, 0.05) is 25.2 Å². The molecule has 3 rings (SSSR count). The minimum Gasteiger partial charge on any atom is -0.332 e. The summed E-state index contributed by atoms with van der Waals surface area (Å²) in [6.45, 7) is 6.86. The molecule has 0 atom stereocenters. The molecule has 2 aromatic rings. The van der Waals surface area contributed by atoms with E-state index in [1.165, 1.54) is 5.69 Å². The second-order valence-corrected chi connectivity index (χ2v) is 4.33. The molecule has 2 aromatic heterocycles. The summed E-state index contributed by atoms with van der Waals surface area (Å²) in [7, 11) is 0. The normalized spacial score (nSPS) is 14.7. The van der Waals surface area contributed by atoms with Crippen LogP contribution in [0.2, 0.25) is 0 Å². The highest BCUT2D eigenvalue weighted by atomic mass is 15.1. The predicted molar refractivity (Wildman–Crippen MR) is 64.4 cm³/mol. The third-order valence-corrected chi connectivity index (χ3v) is 3.23. The van der Waals surface area contributed by atoms with E-state index in [1.807, 2.05) is 20.2 Å². The lowest BCUT2D eigenvalue weighted by Crippen LogP contribution is -2.27. The highest BCUT2D eigenvalue weighted by molar-refractivity contribution is 5.66. The van der Waals surface area contributed by atoms with Gasteiger partial charge in [0.2, 0.25) is 0 Å². The van der Waals surface area contributed by atoms with Crippen molar-refractivity contribution in [3.05, 3.63) is 29.7 Å². The molecule has 0 bridgehead atoms. The maximum Gasteiger partial charge on any atom is 0.115 e. The molecule has 1 aliphatic rings. The number of hydrogen-bond donors (Lipinski definition) is 1. The number of aromatic nitrogens is 4. The number of fused-ring (bicyclic) bond motifs is 1. The minimum absolute atomic E-state index is 0.864. The Labute approximate surface area is 99.9 Å². The molecule has 5 nitrogen and oxygen atoms in total. The molecule has 5 heteroatoms. The quantitative estimate of drug-likeness (QED) is 0.794. The van der Waals surface area contributed by atoms with E-state index in [0.29, 0.717) is 0 Å². The smallest absolute Gasteiger partial charge is 0.115 e. The number of hydrogen-bond acceptors (Lipinski definition) is 4. The van der Waals surface area contributed by atoms with E-state index in [0.717, 1.165) is 42.3 Å². The lowest BCUT2D eigenvalue weighted by atomic mass is 10.1. The van der Waals surface area contributed by atoms with Gasteiger partial charge >= 0.3 is 0 Å². The topological polar surface area (TPSA) is 55.6 Å². The summed E-state index contributed by atoms with van der Waals surface area (Å²) in [4.78, 5) is 13.1. The molecular weight excluding hydrogens is 214 g/mol. The number of rotatable bonds is 1. The lowest BCUT2D eigenvalue weighted by Gasteiger charge is -2.17. The fourth-order valence-corrected chi connectivity index (χ4v) is 2.34. The molecule has 0 unspecified atom stereocenters. The average molecular weight is 229 g/mol. The fraction of sp³-hybridized carbons (Fsp3) is 0.417. The van der Waals surface area contributed by atoms with E-state index in [9.17, 15) is 0 Å². The van der Waals surface area contributed by atoms with Gasteiger partial charge in [-0.05, 0) is 13.8 Å². The summed E-state index contributed by atoms with van der Waals surface area (Å²) in [5.41, 5.74) is 5.31. The Morgan fingerprint density at radius 3 is 2.71 bits per heavy atom. The van der Waals surface area contributed by atoms with E-state index in [1.54, 1.807) is 6.33 Å². The highest BCUT2D eigenvalue weighted by Gasteiger charge is 2.19. The standard InChI is InChI=1S/C12H15N5/c1-8-11(9(2)15-6-14-8)12-10-5-13-3-4-17(10)7-16-12/h6-7,13H,3-5H2,1-2H3. The molecule has 0 radical (unpaired) electrons. The van der Waals surface area contributed by atoms with Crippen LogP contribution >= 0.6 is 0 Å². The van der Waals surface area contributed by atoms with Gasteiger partial charge < -0.3 is 9.88 Å². The fourth-order valence-electron chi connectivity index (χ4n) is 2.34. The van der Waals surface area contributed by atoms with Crippen LogP contribution in [-0.4, -0.2) is 26.1 Å². The van der Waals surface area contributed by atoms with Gasteiger partial charge in [0.25, 0.3) is 0 Å². The van der Waals surface area contributed by atoms with Gasteiger partial charge in [0.1, 0.15) is 6.33 Å². The van der Waals surface area contributed by atoms with Crippen LogP contribution in [0.5, 0.6) is 0 Å². The van der Waals surface area contributed by atoms with Crippen molar-refractivity contribution in [1.82, 2.24) is 24.8 Å². The number of imidazole rings is 1. The molecular formula is C12H15N5. The maximum atomic E-state index is 4.53. The second kappa shape index (κ2) is 3.92. The molecule has 0 saturated carbocycles. The molecule has 0 amide bonds. The zero-order valence-electron chi connectivity index (χ0n) is 10.1. The molecule has 0 spiro atoms. The molecule has 0 aliphatic carbocycles. The number of aryl methyl sites for hydroxylation is 2. The van der Waals surface area contributed by atoms with Crippen LogP contribution in [0.25, 0.3) is 11.3 Å². The molecule has 17 heavy (non-hydrogen) atoms. The maximum absolute atomic E-state index is 4.53. The Morgan fingerprint density at radius 2 is 1.94 bits per heavy atom. The van der Waals surface area contributed by atoms with Crippen LogP contribution in [0, 0.1) is 13.8 Å². The van der Waals surface area contributed by atoms with Crippen molar-refractivity contribution in [2.24, 2.45) is 0 Å². The van der Waals surface area contributed by atoms with Crippen molar-refractivity contribution < 1.29 is 0 Å². The summed E-state index contributed by atoms with van der Waals surface area (Å²) in [5.74, 6) is 0. The van der Waals surface area contributed by atoms with E-state index in [4.69, 9.17) is 0 Å². The van der Waals surface area contributed by atoms with Gasteiger partial charge in [-0.15, -0.1) is 0 Å². The second-order valence-electron chi connectivity index (χ2n) is 4.33.